The Morgan fingerprint density at radius 1 is 1.57 bits per heavy atom. The van der Waals surface area contributed by atoms with Crippen LogP contribution in [0, 0.1) is 5.82 Å². The molecule has 1 atom stereocenters. The van der Waals surface area contributed by atoms with Crippen molar-refractivity contribution in [3.63, 3.8) is 0 Å². The molecule has 1 heterocycles. The molecular formula is C8H6FNO3S. The van der Waals surface area contributed by atoms with Gasteiger partial charge in [0, 0.05) is 6.07 Å². The molecule has 0 fully saturated rings. The van der Waals surface area contributed by atoms with Crippen molar-refractivity contribution >= 4 is 22.2 Å². The first kappa shape index (κ1) is 9.29. The van der Waals surface area contributed by atoms with Crippen LogP contribution < -0.4 is 0 Å². The number of fused-ring (bicyclic) bond motifs is 1. The van der Waals surface area contributed by atoms with Crippen LogP contribution in [0.5, 0.6) is 0 Å². The number of aromatic nitrogens is 1. The molecule has 0 saturated heterocycles. The first-order valence-electron chi connectivity index (χ1n) is 3.77. The number of hydrogen-bond donors (Lipinski definition) is 1. The molecule has 0 bridgehead atoms. The van der Waals surface area contributed by atoms with Gasteiger partial charge in [0.05, 0.1) is 0 Å². The van der Waals surface area contributed by atoms with Crippen molar-refractivity contribution in [2.75, 3.05) is 0 Å². The van der Waals surface area contributed by atoms with E-state index in [0.717, 1.165) is 0 Å². The van der Waals surface area contributed by atoms with E-state index < -0.39 is 16.9 Å². The van der Waals surface area contributed by atoms with Crippen LogP contribution in [0.1, 0.15) is 5.89 Å². The van der Waals surface area contributed by atoms with Crippen molar-refractivity contribution in [3.8, 4) is 0 Å². The van der Waals surface area contributed by atoms with Gasteiger partial charge in [-0.25, -0.2) is 13.6 Å². The molecule has 0 aliphatic rings. The van der Waals surface area contributed by atoms with Gasteiger partial charge in [-0.15, -0.1) is 0 Å². The SMILES string of the molecule is O=S(O)Cc1nc2cc(F)ccc2o1. The van der Waals surface area contributed by atoms with Gasteiger partial charge in [-0.05, 0) is 12.1 Å². The molecule has 6 heteroatoms. The second-order valence-corrected chi connectivity index (χ2v) is 3.62. The fraction of sp³-hybridized carbons (Fsp3) is 0.125. The zero-order chi connectivity index (χ0) is 10.1. The molecule has 1 aromatic heterocycles. The van der Waals surface area contributed by atoms with E-state index in [-0.39, 0.29) is 11.6 Å². The molecule has 2 aromatic rings. The number of halogens is 1. The summed E-state index contributed by atoms with van der Waals surface area (Å²) >= 11 is -2.00. The maximum absolute atomic E-state index is 12.7. The fourth-order valence-corrected chi connectivity index (χ4v) is 1.45. The lowest BCUT2D eigenvalue weighted by molar-refractivity contribution is 0.527. The zero-order valence-corrected chi connectivity index (χ0v) is 7.75. The largest absolute Gasteiger partial charge is 0.440 e. The smallest absolute Gasteiger partial charge is 0.210 e. The van der Waals surface area contributed by atoms with E-state index in [4.69, 9.17) is 8.97 Å². The molecule has 74 valence electrons. The molecule has 0 aliphatic heterocycles. The molecule has 1 aromatic carbocycles. The lowest BCUT2D eigenvalue weighted by atomic mass is 10.3. The summed E-state index contributed by atoms with van der Waals surface area (Å²) < 4.78 is 36.9. The Labute approximate surface area is 81.0 Å². The van der Waals surface area contributed by atoms with Gasteiger partial charge >= 0.3 is 0 Å². The first-order valence-corrected chi connectivity index (χ1v) is 5.05. The third kappa shape index (κ3) is 1.80. The minimum Gasteiger partial charge on any atom is -0.440 e. The van der Waals surface area contributed by atoms with Gasteiger partial charge in [0.25, 0.3) is 0 Å². The average molecular weight is 215 g/mol. The van der Waals surface area contributed by atoms with E-state index in [1.807, 2.05) is 0 Å². The summed E-state index contributed by atoms with van der Waals surface area (Å²) in [7, 11) is 0. The Morgan fingerprint density at radius 2 is 2.36 bits per heavy atom. The lowest BCUT2D eigenvalue weighted by Crippen LogP contribution is -1.92. The molecule has 14 heavy (non-hydrogen) atoms. The number of oxazole rings is 1. The maximum atomic E-state index is 12.7. The summed E-state index contributed by atoms with van der Waals surface area (Å²) in [6.45, 7) is 0. The normalized spacial score (nSPS) is 13.3. The van der Waals surface area contributed by atoms with Crippen molar-refractivity contribution in [1.29, 1.82) is 0 Å². The predicted molar refractivity (Wildman–Crippen MR) is 48.4 cm³/mol. The van der Waals surface area contributed by atoms with Crippen LogP contribution in [0.3, 0.4) is 0 Å². The maximum Gasteiger partial charge on any atom is 0.210 e. The minimum atomic E-state index is -2.00. The van der Waals surface area contributed by atoms with Gasteiger partial charge in [-0.1, -0.05) is 0 Å². The number of rotatable bonds is 2. The van der Waals surface area contributed by atoms with E-state index >= 15 is 0 Å². The van der Waals surface area contributed by atoms with Crippen LogP contribution in [0.2, 0.25) is 0 Å². The molecule has 2 rings (SSSR count). The zero-order valence-electron chi connectivity index (χ0n) is 6.94. The van der Waals surface area contributed by atoms with Gasteiger partial charge in [-0.3, -0.25) is 0 Å². The van der Waals surface area contributed by atoms with Crippen LogP contribution >= 0.6 is 0 Å². The highest BCUT2D eigenvalue weighted by atomic mass is 32.2. The van der Waals surface area contributed by atoms with E-state index in [2.05, 4.69) is 4.98 Å². The monoisotopic (exact) mass is 215 g/mol. The number of benzene rings is 1. The summed E-state index contributed by atoms with van der Waals surface area (Å²) in [5.41, 5.74) is 0.761. The highest BCUT2D eigenvalue weighted by molar-refractivity contribution is 7.78. The van der Waals surface area contributed by atoms with Crippen molar-refractivity contribution in [1.82, 2.24) is 4.98 Å². The van der Waals surface area contributed by atoms with E-state index in [0.29, 0.717) is 11.1 Å². The number of nitrogens with zero attached hydrogens (tertiary/aromatic N) is 1. The van der Waals surface area contributed by atoms with Crippen LogP contribution in [-0.2, 0) is 16.8 Å². The Morgan fingerprint density at radius 3 is 3.07 bits per heavy atom. The molecule has 0 radical (unpaired) electrons. The average Bonchev–Trinajstić information content (AvgIpc) is 2.44. The van der Waals surface area contributed by atoms with Gasteiger partial charge in [0.15, 0.2) is 16.7 Å². The second-order valence-electron chi connectivity index (χ2n) is 2.69. The Kier molecular flexibility index (Phi) is 2.30. The highest BCUT2D eigenvalue weighted by Crippen LogP contribution is 2.17. The number of hydrogen-bond acceptors (Lipinski definition) is 3. The quantitative estimate of drug-likeness (QED) is 0.774. The lowest BCUT2D eigenvalue weighted by Gasteiger charge is -1.85. The van der Waals surface area contributed by atoms with Gasteiger partial charge < -0.3 is 8.97 Å². The van der Waals surface area contributed by atoms with Crippen LogP contribution in [0.15, 0.2) is 22.6 Å². The van der Waals surface area contributed by atoms with E-state index in [9.17, 15) is 8.60 Å². The summed E-state index contributed by atoms with van der Waals surface area (Å²) in [6, 6.07) is 3.89. The summed E-state index contributed by atoms with van der Waals surface area (Å²) in [4.78, 5) is 3.85. The van der Waals surface area contributed by atoms with E-state index in [1.165, 1.54) is 18.2 Å². The Balaban J connectivity index is 2.46. The standard InChI is InChI=1S/C8H6FNO3S/c9-5-1-2-7-6(3-5)10-8(13-7)4-14(11)12/h1-3H,4H2,(H,11,12). The molecule has 1 N–H and O–H groups in total. The topological polar surface area (TPSA) is 63.3 Å². The van der Waals surface area contributed by atoms with Crippen molar-refractivity contribution in [2.45, 2.75) is 5.75 Å². The molecule has 0 aliphatic carbocycles. The van der Waals surface area contributed by atoms with Crippen LogP contribution in [0.4, 0.5) is 4.39 Å². The van der Waals surface area contributed by atoms with Crippen molar-refractivity contribution in [3.05, 3.63) is 29.9 Å². The molecule has 0 spiro atoms. The van der Waals surface area contributed by atoms with Crippen LogP contribution in [0.25, 0.3) is 11.1 Å². The molecule has 0 amide bonds. The van der Waals surface area contributed by atoms with E-state index in [1.54, 1.807) is 0 Å². The second kappa shape index (κ2) is 3.47. The minimum absolute atomic E-state index is 0.131. The first-order chi connectivity index (χ1) is 6.65. The summed E-state index contributed by atoms with van der Waals surface area (Å²) in [5.74, 6) is -0.468. The Hall–Kier alpha value is -1.27. The van der Waals surface area contributed by atoms with Gasteiger partial charge in [0.1, 0.15) is 17.1 Å². The van der Waals surface area contributed by atoms with Crippen LogP contribution in [-0.4, -0.2) is 13.7 Å². The van der Waals surface area contributed by atoms with Gasteiger partial charge in [0.2, 0.25) is 5.89 Å². The fourth-order valence-electron chi connectivity index (χ4n) is 1.12. The molecule has 4 nitrogen and oxygen atoms in total. The third-order valence-corrected chi connectivity index (χ3v) is 2.13. The third-order valence-electron chi connectivity index (χ3n) is 1.64. The Bertz CT molecular complexity index is 496. The molecule has 0 saturated carbocycles. The van der Waals surface area contributed by atoms with Crippen molar-refractivity contribution in [2.24, 2.45) is 0 Å². The molecular weight excluding hydrogens is 209 g/mol. The highest BCUT2D eigenvalue weighted by Gasteiger charge is 2.08. The summed E-state index contributed by atoms with van der Waals surface area (Å²) in [5, 5.41) is 0. The predicted octanol–water partition coefficient (Wildman–Crippen LogP) is 1.69. The van der Waals surface area contributed by atoms with Crippen molar-refractivity contribution < 1.29 is 17.6 Å². The molecule has 1 unspecified atom stereocenters. The summed E-state index contributed by atoms with van der Waals surface area (Å²) in [6.07, 6.45) is 0. The van der Waals surface area contributed by atoms with Gasteiger partial charge in [-0.2, -0.15) is 0 Å².